The number of allylic oxidation sites excluding steroid dienone is 6. The monoisotopic (exact) mass is 320 g/mol. The summed E-state index contributed by atoms with van der Waals surface area (Å²) in [7, 11) is 0. The van der Waals surface area contributed by atoms with E-state index in [0.29, 0.717) is 12.8 Å². The predicted octanol–water partition coefficient (Wildman–Crippen LogP) is 5.62. The predicted molar refractivity (Wildman–Crippen MR) is 96.5 cm³/mol. The third-order valence-corrected chi connectivity index (χ3v) is 3.66. The molecule has 0 atom stereocenters. The molecule has 0 rings (SSSR count). The van der Waals surface area contributed by atoms with Gasteiger partial charge >= 0.3 is 5.97 Å². The zero-order chi connectivity index (χ0) is 17.7. The lowest BCUT2D eigenvalue weighted by atomic mass is 10.0. The van der Waals surface area contributed by atoms with E-state index in [9.17, 15) is 9.59 Å². The summed E-state index contributed by atoms with van der Waals surface area (Å²) in [6.07, 6.45) is 12.2. The van der Waals surface area contributed by atoms with Gasteiger partial charge in [-0.05, 0) is 59.8 Å². The highest BCUT2D eigenvalue weighted by Crippen LogP contribution is 2.12. The van der Waals surface area contributed by atoms with Gasteiger partial charge in [-0.25, -0.2) is 0 Å². The second kappa shape index (κ2) is 12.9. The summed E-state index contributed by atoms with van der Waals surface area (Å²) in [6, 6.07) is 0. The lowest BCUT2D eigenvalue weighted by Gasteiger charge is -2.02. The molecular weight excluding hydrogens is 288 g/mol. The first kappa shape index (κ1) is 21.4. The Balaban J connectivity index is 3.91. The maximum absolute atomic E-state index is 11.5. The number of carbonyl (C=O) groups is 2. The number of Topliss-reactive ketones (excluding diaryl/α,β-unsaturated/α-hetero) is 1. The SMILES string of the molecule is CC(C)=CCC/C(C)=C/CC/C(C)=C/CCC(=O)CCC(=O)O. The average molecular weight is 320 g/mol. The highest BCUT2D eigenvalue weighted by atomic mass is 16.4. The van der Waals surface area contributed by atoms with Crippen LogP contribution in [-0.2, 0) is 9.59 Å². The lowest BCUT2D eigenvalue weighted by Crippen LogP contribution is -2.02. The molecule has 0 aliphatic heterocycles. The number of rotatable bonds is 12. The molecule has 3 heteroatoms. The summed E-state index contributed by atoms with van der Waals surface area (Å²) in [6.45, 7) is 8.52. The van der Waals surface area contributed by atoms with Gasteiger partial charge in [-0.3, -0.25) is 9.59 Å². The zero-order valence-corrected chi connectivity index (χ0v) is 15.2. The van der Waals surface area contributed by atoms with Crippen LogP contribution in [0.4, 0.5) is 0 Å². The average Bonchev–Trinajstić information content (AvgIpc) is 2.44. The van der Waals surface area contributed by atoms with E-state index in [1.807, 2.05) is 0 Å². The van der Waals surface area contributed by atoms with Crippen LogP contribution in [-0.4, -0.2) is 16.9 Å². The molecule has 0 radical (unpaired) electrons. The van der Waals surface area contributed by atoms with Crippen molar-refractivity contribution in [2.45, 2.75) is 79.1 Å². The number of carboxylic acids is 1. The van der Waals surface area contributed by atoms with Crippen LogP contribution >= 0.6 is 0 Å². The topological polar surface area (TPSA) is 54.4 Å². The Morgan fingerprint density at radius 2 is 1.17 bits per heavy atom. The van der Waals surface area contributed by atoms with Gasteiger partial charge in [0.15, 0.2) is 0 Å². The molecule has 0 saturated heterocycles. The number of carbonyl (C=O) groups excluding carboxylic acids is 1. The molecule has 0 aromatic rings. The van der Waals surface area contributed by atoms with Gasteiger partial charge in [0, 0.05) is 12.8 Å². The van der Waals surface area contributed by atoms with E-state index in [1.54, 1.807) is 0 Å². The van der Waals surface area contributed by atoms with Gasteiger partial charge in [-0.1, -0.05) is 34.9 Å². The molecule has 0 bridgehead atoms. The number of hydrogen-bond acceptors (Lipinski definition) is 2. The van der Waals surface area contributed by atoms with Crippen molar-refractivity contribution in [2.75, 3.05) is 0 Å². The van der Waals surface area contributed by atoms with E-state index in [1.165, 1.54) is 16.7 Å². The van der Waals surface area contributed by atoms with E-state index in [2.05, 4.69) is 45.9 Å². The molecule has 1 N–H and O–H groups in total. The fourth-order valence-corrected chi connectivity index (χ4v) is 2.19. The largest absolute Gasteiger partial charge is 0.481 e. The van der Waals surface area contributed by atoms with Gasteiger partial charge in [0.05, 0.1) is 6.42 Å². The van der Waals surface area contributed by atoms with Gasteiger partial charge < -0.3 is 5.11 Å². The highest BCUT2D eigenvalue weighted by molar-refractivity contribution is 5.82. The van der Waals surface area contributed by atoms with Crippen LogP contribution in [0.3, 0.4) is 0 Å². The highest BCUT2D eigenvalue weighted by Gasteiger charge is 2.04. The third kappa shape index (κ3) is 15.0. The minimum atomic E-state index is -0.906. The van der Waals surface area contributed by atoms with Gasteiger partial charge in [-0.2, -0.15) is 0 Å². The Bertz CT molecular complexity index is 463. The fourth-order valence-electron chi connectivity index (χ4n) is 2.19. The van der Waals surface area contributed by atoms with Crippen LogP contribution in [0, 0.1) is 0 Å². The minimum absolute atomic E-state index is 0.0338. The number of carboxylic acid groups (broad SMARTS) is 1. The van der Waals surface area contributed by atoms with E-state index in [4.69, 9.17) is 5.11 Å². The first-order valence-corrected chi connectivity index (χ1v) is 8.49. The van der Waals surface area contributed by atoms with Crippen molar-refractivity contribution < 1.29 is 14.7 Å². The normalized spacial score (nSPS) is 12.2. The van der Waals surface area contributed by atoms with E-state index in [0.717, 1.165) is 25.7 Å². The first-order valence-electron chi connectivity index (χ1n) is 8.49. The second-order valence-electron chi connectivity index (χ2n) is 6.43. The number of ketones is 1. The number of aliphatic carboxylic acids is 1. The molecule has 0 unspecified atom stereocenters. The van der Waals surface area contributed by atoms with Crippen molar-refractivity contribution in [3.8, 4) is 0 Å². The van der Waals surface area contributed by atoms with Crippen molar-refractivity contribution in [1.29, 1.82) is 0 Å². The summed E-state index contributed by atoms with van der Waals surface area (Å²) >= 11 is 0. The molecule has 0 fully saturated rings. The van der Waals surface area contributed by atoms with Crippen molar-refractivity contribution in [1.82, 2.24) is 0 Å². The maximum Gasteiger partial charge on any atom is 0.303 e. The molecule has 0 aromatic heterocycles. The molecule has 3 nitrogen and oxygen atoms in total. The smallest absolute Gasteiger partial charge is 0.303 e. The molecule has 0 aliphatic rings. The Morgan fingerprint density at radius 3 is 1.65 bits per heavy atom. The molecule has 0 saturated carbocycles. The van der Waals surface area contributed by atoms with E-state index < -0.39 is 5.97 Å². The van der Waals surface area contributed by atoms with Gasteiger partial charge in [-0.15, -0.1) is 0 Å². The fraction of sp³-hybridized carbons (Fsp3) is 0.600. The van der Waals surface area contributed by atoms with Gasteiger partial charge in [0.1, 0.15) is 5.78 Å². The summed E-state index contributed by atoms with van der Waals surface area (Å²) in [5, 5.41) is 8.53. The van der Waals surface area contributed by atoms with Gasteiger partial charge in [0.2, 0.25) is 0 Å². The standard InChI is InChI=1S/C20H32O3/c1-16(2)8-5-9-17(3)10-6-11-18(4)12-7-13-19(21)14-15-20(22)23/h8,10,12H,5-7,9,11,13-15H2,1-4H3,(H,22,23)/b17-10+,18-12+. The Labute approximate surface area is 141 Å². The van der Waals surface area contributed by atoms with Crippen LogP contribution in [0.15, 0.2) is 34.9 Å². The summed E-state index contributed by atoms with van der Waals surface area (Å²) in [5.41, 5.74) is 4.10. The zero-order valence-electron chi connectivity index (χ0n) is 15.2. The molecule has 0 aliphatic carbocycles. The second-order valence-corrected chi connectivity index (χ2v) is 6.43. The third-order valence-electron chi connectivity index (χ3n) is 3.66. The molecule has 23 heavy (non-hydrogen) atoms. The van der Waals surface area contributed by atoms with Crippen molar-refractivity contribution in [3.63, 3.8) is 0 Å². The minimum Gasteiger partial charge on any atom is -0.481 e. The summed E-state index contributed by atoms with van der Waals surface area (Å²) in [4.78, 5) is 21.9. The number of hydrogen-bond donors (Lipinski definition) is 1. The first-order chi connectivity index (χ1) is 10.8. The van der Waals surface area contributed by atoms with Crippen LogP contribution in [0.25, 0.3) is 0 Å². The molecule has 0 aromatic carbocycles. The van der Waals surface area contributed by atoms with E-state index >= 15 is 0 Å². The van der Waals surface area contributed by atoms with Gasteiger partial charge in [0.25, 0.3) is 0 Å². The van der Waals surface area contributed by atoms with Crippen LogP contribution in [0.5, 0.6) is 0 Å². The maximum atomic E-state index is 11.5. The molecule has 0 heterocycles. The Kier molecular flexibility index (Phi) is 11.9. The quantitative estimate of drug-likeness (QED) is 0.475. The molecule has 130 valence electrons. The Hall–Kier alpha value is -1.64. The summed E-state index contributed by atoms with van der Waals surface area (Å²) < 4.78 is 0. The van der Waals surface area contributed by atoms with Crippen molar-refractivity contribution >= 4 is 11.8 Å². The molecule has 0 spiro atoms. The van der Waals surface area contributed by atoms with E-state index in [-0.39, 0.29) is 18.6 Å². The summed E-state index contributed by atoms with van der Waals surface area (Å²) in [5.74, 6) is -0.872. The van der Waals surface area contributed by atoms with Crippen LogP contribution in [0.2, 0.25) is 0 Å². The lowest BCUT2D eigenvalue weighted by molar-refractivity contribution is -0.138. The van der Waals surface area contributed by atoms with Crippen molar-refractivity contribution in [2.24, 2.45) is 0 Å². The van der Waals surface area contributed by atoms with Crippen molar-refractivity contribution in [3.05, 3.63) is 34.9 Å². The molecule has 0 amide bonds. The Morgan fingerprint density at radius 1 is 0.696 bits per heavy atom. The van der Waals surface area contributed by atoms with Crippen LogP contribution in [0.1, 0.15) is 79.1 Å². The van der Waals surface area contributed by atoms with Crippen LogP contribution < -0.4 is 0 Å². The molecular formula is C20H32O3.